The first-order valence-corrected chi connectivity index (χ1v) is 8.71. The number of Topliss-reactive ketones (excluding diaryl/α,β-unsaturated/α-hetero) is 1. The number of benzene rings is 2. The van der Waals surface area contributed by atoms with Gasteiger partial charge in [0.05, 0.1) is 24.4 Å². The van der Waals surface area contributed by atoms with E-state index >= 15 is 0 Å². The van der Waals surface area contributed by atoms with Crippen molar-refractivity contribution >= 4 is 17.4 Å². The van der Waals surface area contributed by atoms with Crippen LogP contribution in [0.5, 0.6) is 5.75 Å². The average Bonchev–Trinajstić information content (AvgIpc) is 3.31. The minimum Gasteiger partial charge on any atom is -0.508 e. The monoisotopic (exact) mass is 375 g/mol. The van der Waals surface area contributed by atoms with E-state index in [4.69, 9.17) is 4.42 Å². The topological polar surface area (TPSA) is 91.0 Å². The molecule has 0 bridgehead atoms. The second kappa shape index (κ2) is 7.08. The van der Waals surface area contributed by atoms with Gasteiger partial charge < -0.3 is 19.5 Å². The number of ketones is 1. The second-order valence-corrected chi connectivity index (χ2v) is 6.46. The Morgan fingerprint density at radius 3 is 2.32 bits per heavy atom. The van der Waals surface area contributed by atoms with Crippen molar-refractivity contribution in [3.63, 3.8) is 0 Å². The highest BCUT2D eigenvalue weighted by atomic mass is 16.3. The molecule has 140 valence electrons. The van der Waals surface area contributed by atoms with Crippen molar-refractivity contribution < 1.29 is 24.2 Å². The maximum absolute atomic E-state index is 12.8. The summed E-state index contributed by atoms with van der Waals surface area (Å²) in [6.45, 7) is 0.0781. The molecule has 0 saturated carbocycles. The molecule has 1 aliphatic rings. The van der Waals surface area contributed by atoms with Crippen molar-refractivity contribution in [2.24, 2.45) is 0 Å². The van der Waals surface area contributed by atoms with Gasteiger partial charge in [0.2, 0.25) is 0 Å². The highest BCUT2D eigenvalue weighted by Gasteiger charge is 2.46. The molecule has 1 atom stereocenters. The molecule has 2 N–H and O–H groups in total. The number of likely N-dealkylation sites (tertiary alicyclic amines) is 1. The lowest BCUT2D eigenvalue weighted by Gasteiger charge is -2.24. The third-order valence-electron chi connectivity index (χ3n) is 4.70. The third-order valence-corrected chi connectivity index (χ3v) is 4.70. The SMILES string of the molecule is O=C1C(=O)N(Cc2ccco2)C(c2ccc(O)cc2)C1=C(O)c1ccccc1. The van der Waals surface area contributed by atoms with E-state index in [1.165, 1.54) is 23.3 Å². The highest BCUT2D eigenvalue weighted by molar-refractivity contribution is 6.46. The van der Waals surface area contributed by atoms with Gasteiger partial charge in [0, 0.05) is 5.56 Å². The summed E-state index contributed by atoms with van der Waals surface area (Å²) >= 11 is 0. The maximum atomic E-state index is 12.8. The predicted octanol–water partition coefficient (Wildman–Crippen LogP) is 3.61. The van der Waals surface area contributed by atoms with Gasteiger partial charge in [-0.15, -0.1) is 0 Å². The molecule has 1 saturated heterocycles. The zero-order valence-corrected chi connectivity index (χ0v) is 14.8. The van der Waals surface area contributed by atoms with E-state index in [0.717, 1.165) is 0 Å². The number of aliphatic hydroxyl groups excluding tert-OH is 1. The summed E-state index contributed by atoms with van der Waals surface area (Å²) in [5.74, 6) is -1.13. The standard InChI is InChI=1S/C22H17NO5/c24-16-10-8-14(9-11-16)19-18(20(25)15-5-2-1-3-6-15)21(26)22(27)23(19)13-17-7-4-12-28-17/h1-12,19,24-25H,13H2. The van der Waals surface area contributed by atoms with Gasteiger partial charge >= 0.3 is 0 Å². The van der Waals surface area contributed by atoms with E-state index in [0.29, 0.717) is 16.9 Å². The molecule has 1 aromatic heterocycles. The molecule has 6 heteroatoms. The summed E-state index contributed by atoms with van der Waals surface area (Å²) in [4.78, 5) is 27.0. The van der Waals surface area contributed by atoms with E-state index in [1.54, 1.807) is 54.6 Å². The maximum Gasteiger partial charge on any atom is 0.296 e. The molecule has 3 aromatic rings. The van der Waals surface area contributed by atoms with E-state index in [2.05, 4.69) is 0 Å². The van der Waals surface area contributed by atoms with Crippen LogP contribution in [0.3, 0.4) is 0 Å². The molecular formula is C22H17NO5. The van der Waals surface area contributed by atoms with E-state index in [1.807, 2.05) is 0 Å². The van der Waals surface area contributed by atoms with Crippen LogP contribution < -0.4 is 0 Å². The number of aliphatic hydroxyl groups is 1. The van der Waals surface area contributed by atoms with Crippen molar-refractivity contribution in [2.75, 3.05) is 0 Å². The number of carbonyl (C=O) groups is 2. The Hall–Kier alpha value is -3.80. The summed E-state index contributed by atoms with van der Waals surface area (Å²) in [7, 11) is 0. The first kappa shape index (κ1) is 17.6. The van der Waals surface area contributed by atoms with E-state index in [-0.39, 0.29) is 23.6 Å². The van der Waals surface area contributed by atoms with Crippen molar-refractivity contribution in [3.8, 4) is 5.75 Å². The van der Waals surface area contributed by atoms with Gasteiger partial charge in [0.1, 0.15) is 17.3 Å². The smallest absolute Gasteiger partial charge is 0.296 e. The fourth-order valence-electron chi connectivity index (χ4n) is 3.37. The fourth-order valence-corrected chi connectivity index (χ4v) is 3.37. The van der Waals surface area contributed by atoms with Crippen LogP contribution in [0, 0.1) is 0 Å². The second-order valence-electron chi connectivity index (χ2n) is 6.46. The number of amides is 1. The van der Waals surface area contributed by atoms with Gasteiger partial charge in [-0.1, -0.05) is 42.5 Å². The van der Waals surface area contributed by atoms with Crippen molar-refractivity contribution in [2.45, 2.75) is 12.6 Å². The third kappa shape index (κ3) is 3.05. The van der Waals surface area contributed by atoms with Crippen molar-refractivity contribution in [1.29, 1.82) is 0 Å². The Kier molecular flexibility index (Phi) is 4.45. The molecule has 28 heavy (non-hydrogen) atoms. The van der Waals surface area contributed by atoms with E-state index in [9.17, 15) is 19.8 Å². The minimum atomic E-state index is -0.800. The molecule has 0 spiro atoms. The molecule has 1 unspecified atom stereocenters. The van der Waals surface area contributed by atoms with Crippen LogP contribution in [-0.2, 0) is 16.1 Å². The number of rotatable bonds is 4. The zero-order valence-electron chi connectivity index (χ0n) is 14.8. The molecule has 0 radical (unpaired) electrons. The van der Waals surface area contributed by atoms with Crippen LogP contribution in [0.4, 0.5) is 0 Å². The number of hydrogen-bond donors (Lipinski definition) is 2. The number of hydrogen-bond acceptors (Lipinski definition) is 5. The van der Waals surface area contributed by atoms with Crippen molar-refractivity contribution in [1.82, 2.24) is 4.90 Å². The van der Waals surface area contributed by atoms with Crippen molar-refractivity contribution in [3.05, 3.63) is 95.5 Å². The van der Waals surface area contributed by atoms with Gasteiger partial charge in [0.15, 0.2) is 0 Å². The number of carbonyl (C=O) groups excluding carboxylic acids is 2. The van der Waals surface area contributed by atoms with Crippen LogP contribution in [0.15, 0.2) is 83.0 Å². The van der Waals surface area contributed by atoms with E-state index < -0.39 is 17.7 Å². The molecule has 1 aliphatic heterocycles. The number of furan rings is 1. The van der Waals surface area contributed by atoms with Crippen LogP contribution in [0.2, 0.25) is 0 Å². The normalized spacial score (nSPS) is 18.6. The summed E-state index contributed by atoms with van der Waals surface area (Å²) < 4.78 is 5.34. The lowest BCUT2D eigenvalue weighted by Crippen LogP contribution is -2.29. The zero-order chi connectivity index (χ0) is 19.7. The number of phenolic OH excluding ortho intramolecular Hbond substituents is 1. The first-order valence-electron chi connectivity index (χ1n) is 8.71. The predicted molar refractivity (Wildman–Crippen MR) is 101 cm³/mol. The van der Waals surface area contributed by atoms with Gasteiger partial charge in [-0.25, -0.2) is 0 Å². The lowest BCUT2D eigenvalue weighted by atomic mass is 9.95. The molecule has 2 aromatic carbocycles. The Morgan fingerprint density at radius 1 is 0.964 bits per heavy atom. The quantitative estimate of drug-likeness (QED) is 0.413. The Bertz CT molecular complexity index is 1040. The molecule has 1 fully saturated rings. The largest absolute Gasteiger partial charge is 0.508 e. The summed E-state index contributed by atoms with van der Waals surface area (Å²) in [5.41, 5.74) is 1.05. The van der Waals surface area contributed by atoms with Crippen LogP contribution in [0.25, 0.3) is 5.76 Å². The average molecular weight is 375 g/mol. The van der Waals surface area contributed by atoms with Crippen LogP contribution in [0.1, 0.15) is 22.9 Å². The minimum absolute atomic E-state index is 0.00782. The first-order chi connectivity index (χ1) is 13.6. The Balaban J connectivity index is 1.86. The fraction of sp³-hybridized carbons (Fsp3) is 0.0909. The van der Waals surface area contributed by atoms with Gasteiger partial charge in [-0.3, -0.25) is 9.59 Å². The Morgan fingerprint density at radius 2 is 1.68 bits per heavy atom. The summed E-state index contributed by atoms with van der Waals surface area (Å²) in [6.07, 6.45) is 1.49. The molecule has 1 amide bonds. The molecule has 4 rings (SSSR count). The summed E-state index contributed by atoms with van der Waals surface area (Å²) in [5, 5.41) is 20.5. The summed E-state index contributed by atoms with van der Waals surface area (Å²) in [6, 6.07) is 17.4. The van der Waals surface area contributed by atoms with Gasteiger partial charge in [-0.05, 0) is 29.8 Å². The number of phenols is 1. The lowest BCUT2D eigenvalue weighted by molar-refractivity contribution is -0.140. The molecule has 0 aliphatic carbocycles. The highest BCUT2D eigenvalue weighted by Crippen LogP contribution is 2.40. The number of aromatic hydroxyl groups is 1. The van der Waals surface area contributed by atoms with Gasteiger partial charge in [-0.2, -0.15) is 0 Å². The van der Waals surface area contributed by atoms with Gasteiger partial charge in [0.25, 0.3) is 11.7 Å². The Labute approximate surface area is 161 Å². The van der Waals surface area contributed by atoms with Crippen LogP contribution >= 0.6 is 0 Å². The molecule has 2 heterocycles. The van der Waals surface area contributed by atoms with Crippen LogP contribution in [-0.4, -0.2) is 26.8 Å². The molecule has 6 nitrogen and oxygen atoms in total. The number of nitrogens with zero attached hydrogens (tertiary/aromatic N) is 1. The molecular weight excluding hydrogens is 358 g/mol.